The van der Waals surface area contributed by atoms with Gasteiger partial charge in [0.25, 0.3) is 0 Å². The first-order valence-electron chi connectivity index (χ1n) is 6.56. The molecule has 3 aromatic rings. The molecule has 5 heteroatoms. The molecular weight excluding hydrogens is 347 g/mol. The van der Waals surface area contributed by atoms with Gasteiger partial charge >= 0.3 is 0 Å². The van der Waals surface area contributed by atoms with Crippen molar-refractivity contribution in [2.24, 2.45) is 0 Å². The van der Waals surface area contributed by atoms with Gasteiger partial charge in [-0.1, -0.05) is 34.1 Å². The summed E-state index contributed by atoms with van der Waals surface area (Å²) in [6.45, 7) is 0.245. The number of nitriles is 1. The zero-order valence-electron chi connectivity index (χ0n) is 11.4. The zero-order chi connectivity index (χ0) is 15.7. The summed E-state index contributed by atoms with van der Waals surface area (Å²) in [6, 6.07) is 13.7. The highest BCUT2D eigenvalue weighted by molar-refractivity contribution is 9.10. The van der Waals surface area contributed by atoms with E-state index >= 15 is 0 Å². The van der Waals surface area contributed by atoms with Crippen molar-refractivity contribution in [2.45, 2.75) is 6.54 Å². The Kier molecular flexibility index (Phi) is 3.78. The number of aromatic nitrogens is 1. The third kappa shape index (κ3) is 2.53. The van der Waals surface area contributed by atoms with Crippen LogP contribution in [-0.2, 0) is 6.54 Å². The van der Waals surface area contributed by atoms with E-state index in [1.165, 1.54) is 12.3 Å². The Morgan fingerprint density at radius 2 is 2.00 bits per heavy atom. The van der Waals surface area contributed by atoms with Gasteiger partial charge in [-0.15, -0.1) is 0 Å². The van der Waals surface area contributed by atoms with E-state index in [2.05, 4.69) is 15.9 Å². The second kappa shape index (κ2) is 5.74. The Labute approximate surface area is 134 Å². The molecule has 0 aliphatic carbocycles. The van der Waals surface area contributed by atoms with Crippen LogP contribution in [0, 0.1) is 17.1 Å². The minimum absolute atomic E-state index is 0.0521. The van der Waals surface area contributed by atoms with Crippen LogP contribution in [0.4, 0.5) is 4.39 Å². The van der Waals surface area contributed by atoms with Gasteiger partial charge in [0.2, 0.25) is 5.43 Å². The van der Waals surface area contributed by atoms with Crippen LogP contribution in [0.5, 0.6) is 0 Å². The van der Waals surface area contributed by atoms with E-state index in [4.69, 9.17) is 5.26 Å². The normalized spacial score (nSPS) is 10.6. The molecule has 0 atom stereocenters. The molecule has 3 rings (SSSR count). The zero-order valence-corrected chi connectivity index (χ0v) is 13.0. The van der Waals surface area contributed by atoms with Crippen LogP contribution < -0.4 is 5.43 Å². The van der Waals surface area contributed by atoms with E-state index in [1.807, 2.05) is 12.1 Å². The number of fused-ring (bicyclic) bond motifs is 1. The molecule has 0 spiro atoms. The van der Waals surface area contributed by atoms with E-state index in [0.29, 0.717) is 20.9 Å². The molecule has 108 valence electrons. The third-order valence-electron chi connectivity index (χ3n) is 3.46. The van der Waals surface area contributed by atoms with E-state index < -0.39 is 0 Å². The number of halogens is 2. The predicted molar refractivity (Wildman–Crippen MR) is 86.1 cm³/mol. The van der Waals surface area contributed by atoms with Crippen LogP contribution in [0.1, 0.15) is 11.1 Å². The van der Waals surface area contributed by atoms with Gasteiger partial charge in [0.15, 0.2) is 0 Å². The van der Waals surface area contributed by atoms with Gasteiger partial charge in [0, 0.05) is 21.6 Å². The Morgan fingerprint density at radius 3 is 2.73 bits per heavy atom. The van der Waals surface area contributed by atoms with Crippen molar-refractivity contribution in [3.8, 4) is 6.07 Å². The minimum atomic E-state index is -0.337. The van der Waals surface area contributed by atoms with Crippen molar-refractivity contribution in [2.75, 3.05) is 0 Å². The first-order chi connectivity index (χ1) is 10.6. The van der Waals surface area contributed by atoms with Crippen molar-refractivity contribution in [3.05, 3.63) is 80.3 Å². The summed E-state index contributed by atoms with van der Waals surface area (Å²) in [6.07, 6.45) is 1.48. The predicted octanol–water partition coefficient (Wildman–Crippen LogP) is 3.82. The summed E-state index contributed by atoms with van der Waals surface area (Å²) in [7, 11) is 0. The maximum atomic E-state index is 14.0. The van der Waals surface area contributed by atoms with Gasteiger partial charge in [0.05, 0.1) is 12.1 Å². The lowest BCUT2D eigenvalue weighted by Gasteiger charge is -2.12. The second-order valence-electron chi connectivity index (χ2n) is 4.86. The Hall–Kier alpha value is -2.45. The smallest absolute Gasteiger partial charge is 0.207 e. The number of hydrogen-bond donors (Lipinski definition) is 0. The highest BCUT2D eigenvalue weighted by atomic mass is 79.9. The summed E-state index contributed by atoms with van der Waals surface area (Å²) >= 11 is 3.22. The molecule has 22 heavy (non-hydrogen) atoms. The molecule has 0 saturated carbocycles. The molecule has 0 bridgehead atoms. The SMILES string of the molecule is N#Cc1cn(Cc2ccc(Br)cc2F)c2ccccc2c1=O. The molecule has 0 aliphatic rings. The molecule has 2 aromatic carbocycles. The largest absolute Gasteiger partial charge is 0.341 e. The van der Waals surface area contributed by atoms with Crippen LogP contribution >= 0.6 is 15.9 Å². The summed E-state index contributed by atoms with van der Waals surface area (Å²) in [5, 5.41) is 9.57. The van der Waals surface area contributed by atoms with E-state index in [0.717, 1.165) is 0 Å². The minimum Gasteiger partial charge on any atom is -0.341 e. The first-order valence-corrected chi connectivity index (χ1v) is 7.35. The molecule has 1 heterocycles. The van der Waals surface area contributed by atoms with Crippen molar-refractivity contribution < 1.29 is 4.39 Å². The average molecular weight is 357 g/mol. The standard InChI is InChI=1S/C17H10BrFN2O/c18-13-6-5-11(15(19)7-13)9-21-10-12(8-20)17(22)14-3-1-2-4-16(14)21/h1-7,10H,9H2. The molecule has 3 nitrogen and oxygen atoms in total. The van der Waals surface area contributed by atoms with Crippen molar-refractivity contribution >= 4 is 26.8 Å². The van der Waals surface area contributed by atoms with Gasteiger partial charge in [0.1, 0.15) is 17.4 Å². The molecule has 0 fully saturated rings. The monoisotopic (exact) mass is 356 g/mol. The van der Waals surface area contributed by atoms with E-state index in [1.54, 1.807) is 34.9 Å². The number of nitrogens with zero attached hydrogens (tertiary/aromatic N) is 2. The number of para-hydroxylation sites is 1. The fourth-order valence-corrected chi connectivity index (χ4v) is 2.72. The molecule has 1 aromatic heterocycles. The van der Waals surface area contributed by atoms with Crippen LogP contribution in [0.15, 0.2) is 57.9 Å². The topological polar surface area (TPSA) is 45.8 Å². The first kappa shape index (κ1) is 14.5. The fraction of sp³-hybridized carbons (Fsp3) is 0.0588. The number of pyridine rings is 1. The van der Waals surface area contributed by atoms with Gasteiger partial charge in [-0.3, -0.25) is 4.79 Å². The summed E-state index contributed by atoms with van der Waals surface area (Å²) in [5.41, 5.74) is 0.913. The lowest BCUT2D eigenvalue weighted by atomic mass is 10.1. The molecule has 0 unspecified atom stereocenters. The van der Waals surface area contributed by atoms with Crippen LogP contribution in [-0.4, -0.2) is 4.57 Å². The molecule has 0 N–H and O–H groups in total. The van der Waals surface area contributed by atoms with Gasteiger partial charge < -0.3 is 4.57 Å². The maximum absolute atomic E-state index is 14.0. The highest BCUT2D eigenvalue weighted by Crippen LogP contribution is 2.18. The van der Waals surface area contributed by atoms with E-state index in [9.17, 15) is 9.18 Å². The Balaban J connectivity index is 2.21. The number of benzene rings is 2. The van der Waals surface area contributed by atoms with Gasteiger partial charge in [-0.25, -0.2) is 4.39 Å². The number of hydrogen-bond acceptors (Lipinski definition) is 2. The molecule has 0 amide bonds. The Morgan fingerprint density at radius 1 is 1.23 bits per heavy atom. The molecule has 0 saturated heterocycles. The van der Waals surface area contributed by atoms with Crippen LogP contribution in [0.2, 0.25) is 0 Å². The highest BCUT2D eigenvalue weighted by Gasteiger charge is 2.10. The number of rotatable bonds is 2. The third-order valence-corrected chi connectivity index (χ3v) is 3.96. The lowest BCUT2D eigenvalue weighted by molar-refractivity contribution is 0.600. The molecule has 0 aliphatic heterocycles. The van der Waals surface area contributed by atoms with Crippen molar-refractivity contribution in [1.29, 1.82) is 5.26 Å². The summed E-state index contributed by atoms with van der Waals surface area (Å²) < 4.78 is 16.4. The fourth-order valence-electron chi connectivity index (χ4n) is 2.39. The Bertz CT molecular complexity index is 973. The van der Waals surface area contributed by atoms with Crippen LogP contribution in [0.25, 0.3) is 10.9 Å². The second-order valence-corrected chi connectivity index (χ2v) is 5.78. The van der Waals surface area contributed by atoms with Crippen molar-refractivity contribution in [1.82, 2.24) is 4.57 Å². The van der Waals surface area contributed by atoms with E-state index in [-0.39, 0.29) is 23.4 Å². The molecule has 0 radical (unpaired) electrons. The lowest BCUT2D eigenvalue weighted by Crippen LogP contribution is -2.13. The molecular formula is C17H10BrFN2O. The average Bonchev–Trinajstić information content (AvgIpc) is 2.52. The van der Waals surface area contributed by atoms with Crippen molar-refractivity contribution in [3.63, 3.8) is 0 Å². The summed E-state index contributed by atoms with van der Waals surface area (Å²) in [4.78, 5) is 12.2. The quantitative estimate of drug-likeness (QED) is 0.700. The van der Waals surface area contributed by atoms with Crippen LogP contribution in [0.3, 0.4) is 0 Å². The van der Waals surface area contributed by atoms with Gasteiger partial charge in [-0.2, -0.15) is 5.26 Å². The van der Waals surface area contributed by atoms with Gasteiger partial charge in [-0.05, 0) is 24.3 Å². The maximum Gasteiger partial charge on any atom is 0.207 e. The summed E-state index contributed by atoms with van der Waals surface area (Å²) in [5.74, 6) is -0.337.